The molecule has 3 aromatic carbocycles. The van der Waals surface area contributed by atoms with E-state index in [1.54, 1.807) is 6.07 Å². The Morgan fingerprint density at radius 1 is 0.929 bits per heavy atom. The minimum absolute atomic E-state index is 0.121. The zero-order valence-electron chi connectivity index (χ0n) is 16.3. The number of para-hydroxylation sites is 1. The fourth-order valence-electron chi connectivity index (χ4n) is 2.80. The molecule has 1 amide bonds. The summed E-state index contributed by atoms with van der Waals surface area (Å²) >= 11 is 0. The van der Waals surface area contributed by atoms with Gasteiger partial charge in [-0.1, -0.05) is 48.0 Å². The number of benzene rings is 3. The maximum atomic E-state index is 12.6. The Morgan fingerprint density at radius 2 is 1.68 bits per heavy atom. The van der Waals surface area contributed by atoms with E-state index in [0.717, 1.165) is 22.6 Å². The van der Waals surface area contributed by atoms with Crippen molar-refractivity contribution in [1.29, 1.82) is 0 Å². The van der Waals surface area contributed by atoms with Gasteiger partial charge in [-0.05, 0) is 49.7 Å². The molecule has 0 aliphatic heterocycles. The van der Waals surface area contributed by atoms with E-state index in [4.69, 9.17) is 9.47 Å². The van der Waals surface area contributed by atoms with Gasteiger partial charge in [-0.3, -0.25) is 4.79 Å². The molecule has 0 bridgehead atoms. The summed E-state index contributed by atoms with van der Waals surface area (Å²) in [5, 5.41) is 2.97. The van der Waals surface area contributed by atoms with Gasteiger partial charge < -0.3 is 14.8 Å². The summed E-state index contributed by atoms with van der Waals surface area (Å²) in [6.45, 7) is 5.35. The van der Waals surface area contributed by atoms with Gasteiger partial charge in [0, 0.05) is 17.7 Å². The molecule has 3 aromatic rings. The Balaban J connectivity index is 1.69. The van der Waals surface area contributed by atoms with Crippen LogP contribution in [0.4, 0.5) is 0 Å². The molecule has 4 nitrogen and oxygen atoms in total. The van der Waals surface area contributed by atoms with Crippen molar-refractivity contribution >= 4 is 5.91 Å². The molecular weight excluding hydrogens is 350 g/mol. The van der Waals surface area contributed by atoms with Crippen LogP contribution in [0.5, 0.6) is 11.5 Å². The monoisotopic (exact) mass is 375 g/mol. The Morgan fingerprint density at radius 3 is 2.39 bits per heavy atom. The average molecular weight is 375 g/mol. The quantitative estimate of drug-likeness (QED) is 0.609. The second-order valence-corrected chi connectivity index (χ2v) is 6.53. The van der Waals surface area contributed by atoms with Gasteiger partial charge in [-0.15, -0.1) is 0 Å². The van der Waals surface area contributed by atoms with Crippen LogP contribution in [0.15, 0.2) is 72.8 Å². The van der Waals surface area contributed by atoms with Gasteiger partial charge in [0.05, 0.1) is 6.61 Å². The minimum atomic E-state index is -0.121. The van der Waals surface area contributed by atoms with E-state index >= 15 is 0 Å². The first kappa shape index (κ1) is 19.5. The highest BCUT2D eigenvalue weighted by Gasteiger charge is 2.11. The van der Waals surface area contributed by atoms with Crippen LogP contribution >= 0.6 is 0 Å². The Kier molecular flexibility index (Phi) is 6.68. The first-order valence-corrected chi connectivity index (χ1v) is 9.43. The summed E-state index contributed by atoms with van der Waals surface area (Å²) < 4.78 is 11.5. The van der Waals surface area contributed by atoms with E-state index in [9.17, 15) is 4.79 Å². The van der Waals surface area contributed by atoms with Crippen LogP contribution in [0.3, 0.4) is 0 Å². The molecule has 0 aliphatic rings. The first-order chi connectivity index (χ1) is 13.7. The molecule has 0 aliphatic carbocycles. The van der Waals surface area contributed by atoms with Crippen molar-refractivity contribution in [3.05, 3.63) is 95.1 Å². The number of amides is 1. The van der Waals surface area contributed by atoms with E-state index < -0.39 is 0 Å². The largest absolute Gasteiger partial charge is 0.493 e. The lowest BCUT2D eigenvalue weighted by molar-refractivity contribution is 0.0950. The topological polar surface area (TPSA) is 47.6 Å². The Hall–Kier alpha value is -3.27. The summed E-state index contributed by atoms with van der Waals surface area (Å²) in [5.41, 5.74) is 3.69. The maximum Gasteiger partial charge on any atom is 0.251 e. The molecule has 0 saturated carbocycles. The van der Waals surface area contributed by atoms with Crippen LogP contribution in [0.25, 0.3) is 0 Å². The average Bonchev–Trinajstić information content (AvgIpc) is 2.73. The molecule has 0 spiro atoms. The van der Waals surface area contributed by atoms with Crippen LogP contribution in [0.2, 0.25) is 0 Å². The summed E-state index contributed by atoms with van der Waals surface area (Å²) in [5.74, 6) is 1.39. The zero-order chi connectivity index (χ0) is 19.8. The molecule has 0 fully saturated rings. The lowest BCUT2D eigenvalue weighted by atomic mass is 10.1. The number of ether oxygens (including phenoxy) is 2. The van der Waals surface area contributed by atoms with E-state index in [1.807, 2.05) is 80.6 Å². The van der Waals surface area contributed by atoms with Crippen molar-refractivity contribution in [2.24, 2.45) is 0 Å². The predicted octanol–water partition coefficient (Wildman–Crippen LogP) is 4.90. The summed E-state index contributed by atoms with van der Waals surface area (Å²) in [6.07, 6.45) is 0. The van der Waals surface area contributed by atoms with Crippen molar-refractivity contribution in [2.45, 2.75) is 27.0 Å². The first-order valence-electron chi connectivity index (χ1n) is 9.43. The van der Waals surface area contributed by atoms with Gasteiger partial charge in [-0.25, -0.2) is 0 Å². The molecule has 144 valence electrons. The van der Waals surface area contributed by atoms with Crippen molar-refractivity contribution in [2.75, 3.05) is 6.61 Å². The Labute approximate surface area is 166 Å². The van der Waals surface area contributed by atoms with Crippen LogP contribution in [0, 0.1) is 6.92 Å². The lowest BCUT2D eigenvalue weighted by Gasteiger charge is -2.13. The minimum Gasteiger partial charge on any atom is -0.493 e. The van der Waals surface area contributed by atoms with Crippen LogP contribution in [-0.2, 0) is 13.2 Å². The normalized spacial score (nSPS) is 10.4. The molecule has 0 radical (unpaired) electrons. The van der Waals surface area contributed by atoms with Crippen LogP contribution in [0.1, 0.15) is 34.0 Å². The van der Waals surface area contributed by atoms with Crippen LogP contribution in [-0.4, -0.2) is 12.5 Å². The summed E-state index contributed by atoms with van der Waals surface area (Å²) in [6, 6.07) is 23.2. The van der Waals surface area contributed by atoms with Gasteiger partial charge in [0.2, 0.25) is 0 Å². The second kappa shape index (κ2) is 9.60. The van der Waals surface area contributed by atoms with Gasteiger partial charge in [-0.2, -0.15) is 0 Å². The van der Waals surface area contributed by atoms with E-state index in [1.165, 1.54) is 5.56 Å². The van der Waals surface area contributed by atoms with Gasteiger partial charge in [0.1, 0.15) is 18.1 Å². The fourth-order valence-corrected chi connectivity index (χ4v) is 2.80. The number of hydrogen-bond donors (Lipinski definition) is 1. The number of nitrogens with one attached hydrogen (secondary N) is 1. The molecule has 1 N–H and O–H groups in total. The lowest BCUT2D eigenvalue weighted by Crippen LogP contribution is -2.23. The molecule has 0 unspecified atom stereocenters. The van der Waals surface area contributed by atoms with E-state index in [0.29, 0.717) is 25.3 Å². The summed E-state index contributed by atoms with van der Waals surface area (Å²) in [4.78, 5) is 12.6. The van der Waals surface area contributed by atoms with Crippen molar-refractivity contribution in [3.8, 4) is 11.5 Å². The second-order valence-electron chi connectivity index (χ2n) is 6.53. The highest BCUT2D eigenvalue weighted by atomic mass is 16.5. The predicted molar refractivity (Wildman–Crippen MR) is 111 cm³/mol. The highest BCUT2D eigenvalue weighted by molar-refractivity contribution is 5.94. The Bertz CT molecular complexity index is 905. The van der Waals surface area contributed by atoms with Gasteiger partial charge in [0.15, 0.2) is 0 Å². The van der Waals surface area contributed by atoms with E-state index in [2.05, 4.69) is 5.32 Å². The van der Waals surface area contributed by atoms with Crippen molar-refractivity contribution in [3.63, 3.8) is 0 Å². The van der Waals surface area contributed by atoms with Crippen molar-refractivity contribution < 1.29 is 14.3 Å². The molecule has 0 atom stereocenters. The van der Waals surface area contributed by atoms with E-state index in [-0.39, 0.29) is 5.91 Å². The SMILES string of the molecule is CCOc1ccc(C(=O)NCc2ccc(C)cc2)cc1COc1ccccc1. The smallest absolute Gasteiger partial charge is 0.251 e. The summed E-state index contributed by atoms with van der Waals surface area (Å²) in [7, 11) is 0. The molecule has 3 rings (SSSR count). The third-order valence-corrected chi connectivity index (χ3v) is 4.33. The zero-order valence-corrected chi connectivity index (χ0v) is 16.3. The van der Waals surface area contributed by atoms with Gasteiger partial charge in [0.25, 0.3) is 5.91 Å². The number of rotatable bonds is 8. The molecule has 28 heavy (non-hydrogen) atoms. The number of carbonyl (C=O) groups excluding carboxylic acids is 1. The fraction of sp³-hybridized carbons (Fsp3) is 0.208. The molecular formula is C24H25NO3. The number of aryl methyl sites for hydroxylation is 1. The third-order valence-electron chi connectivity index (χ3n) is 4.33. The van der Waals surface area contributed by atoms with Crippen LogP contribution < -0.4 is 14.8 Å². The molecule has 0 heterocycles. The number of hydrogen-bond acceptors (Lipinski definition) is 3. The molecule has 0 aromatic heterocycles. The van der Waals surface area contributed by atoms with Gasteiger partial charge >= 0.3 is 0 Å². The molecule has 0 saturated heterocycles. The maximum absolute atomic E-state index is 12.6. The number of carbonyl (C=O) groups is 1. The highest BCUT2D eigenvalue weighted by Crippen LogP contribution is 2.23. The third kappa shape index (κ3) is 5.36. The van der Waals surface area contributed by atoms with Crippen molar-refractivity contribution in [1.82, 2.24) is 5.32 Å². The standard InChI is InChI=1S/C24H25NO3/c1-3-27-23-14-13-20(15-21(23)17-28-22-7-5-4-6-8-22)24(26)25-16-19-11-9-18(2)10-12-19/h4-15H,3,16-17H2,1-2H3,(H,25,26). The molecule has 4 heteroatoms.